The molecule has 0 radical (unpaired) electrons. The Hall–Kier alpha value is -3.55. The minimum absolute atomic E-state index is 0.0103. The monoisotopic (exact) mass is 454 g/mol. The van der Waals surface area contributed by atoms with Crippen LogP contribution in [0.4, 0.5) is 4.79 Å². The van der Waals surface area contributed by atoms with Gasteiger partial charge < -0.3 is 19.6 Å². The van der Waals surface area contributed by atoms with Crippen LogP contribution < -0.4 is 5.32 Å². The summed E-state index contributed by atoms with van der Waals surface area (Å²) in [6.07, 6.45) is 1.60. The van der Waals surface area contributed by atoms with E-state index in [9.17, 15) is 19.5 Å². The van der Waals surface area contributed by atoms with Gasteiger partial charge in [-0.3, -0.25) is 9.69 Å². The molecule has 1 saturated heterocycles. The van der Waals surface area contributed by atoms with Crippen molar-refractivity contribution in [3.05, 3.63) is 58.2 Å². The number of benzene rings is 1. The molecule has 3 amide bonds. The van der Waals surface area contributed by atoms with Gasteiger partial charge in [0.15, 0.2) is 0 Å². The average molecular weight is 455 g/mol. The number of hydrogen-bond acceptors (Lipinski definition) is 6. The minimum atomic E-state index is -0.643. The number of nitrogens with one attached hydrogen (secondary N) is 1. The van der Waals surface area contributed by atoms with Crippen LogP contribution in [0.1, 0.15) is 74.5 Å². The van der Waals surface area contributed by atoms with Crippen LogP contribution in [-0.4, -0.2) is 35.0 Å². The third-order valence-corrected chi connectivity index (χ3v) is 5.38. The Morgan fingerprint density at radius 1 is 1.09 bits per heavy atom. The number of ether oxygens (including phenoxy) is 1. The van der Waals surface area contributed by atoms with Gasteiger partial charge in [0.05, 0.1) is 13.7 Å². The predicted octanol–water partition coefficient (Wildman–Crippen LogP) is 4.46. The number of esters is 1. The van der Waals surface area contributed by atoms with Gasteiger partial charge in [-0.05, 0) is 46.7 Å². The molecular weight excluding hydrogens is 424 g/mol. The van der Waals surface area contributed by atoms with Gasteiger partial charge in [0.1, 0.15) is 17.2 Å². The van der Waals surface area contributed by atoms with Crippen LogP contribution in [0.3, 0.4) is 0 Å². The predicted molar refractivity (Wildman–Crippen MR) is 123 cm³/mol. The molecule has 0 saturated carbocycles. The fraction of sp³-hybridized carbons (Fsp3) is 0.400. The maximum Gasteiger partial charge on any atom is 0.373 e. The number of phenolic OH excluding ortho intramolecular Hbond substituents is 1. The van der Waals surface area contributed by atoms with Gasteiger partial charge >= 0.3 is 12.0 Å². The van der Waals surface area contributed by atoms with Crippen molar-refractivity contribution in [3.8, 4) is 5.75 Å². The first-order valence-corrected chi connectivity index (χ1v) is 10.6. The lowest BCUT2D eigenvalue weighted by Crippen LogP contribution is -2.30. The molecule has 0 unspecified atom stereocenters. The summed E-state index contributed by atoms with van der Waals surface area (Å²) >= 11 is 0. The van der Waals surface area contributed by atoms with Crippen LogP contribution in [-0.2, 0) is 26.9 Å². The van der Waals surface area contributed by atoms with Crippen molar-refractivity contribution < 1.29 is 28.6 Å². The highest BCUT2D eigenvalue weighted by atomic mass is 16.5. The van der Waals surface area contributed by atoms with Gasteiger partial charge in [0.25, 0.3) is 5.91 Å². The molecule has 0 bridgehead atoms. The van der Waals surface area contributed by atoms with E-state index in [1.54, 1.807) is 6.08 Å². The van der Waals surface area contributed by atoms with Gasteiger partial charge in [-0.25, -0.2) is 9.59 Å². The van der Waals surface area contributed by atoms with Crippen LogP contribution in [0.5, 0.6) is 5.75 Å². The van der Waals surface area contributed by atoms with Crippen molar-refractivity contribution in [2.75, 3.05) is 7.11 Å². The molecule has 176 valence electrons. The molecule has 0 atom stereocenters. The number of phenols is 1. The number of carbonyl (C=O) groups is 3. The highest BCUT2D eigenvalue weighted by Gasteiger charge is 2.35. The van der Waals surface area contributed by atoms with E-state index in [1.165, 1.54) is 19.2 Å². The van der Waals surface area contributed by atoms with Crippen molar-refractivity contribution >= 4 is 24.0 Å². The highest BCUT2D eigenvalue weighted by molar-refractivity contribution is 6.13. The first kappa shape index (κ1) is 24.1. The van der Waals surface area contributed by atoms with Crippen molar-refractivity contribution in [3.63, 3.8) is 0 Å². The molecule has 3 rings (SSSR count). The summed E-state index contributed by atoms with van der Waals surface area (Å²) in [5.41, 5.74) is 1.65. The zero-order valence-electron chi connectivity index (χ0n) is 20.0. The summed E-state index contributed by atoms with van der Waals surface area (Å²) in [7, 11) is 1.23. The lowest BCUT2D eigenvalue weighted by atomic mass is 9.78. The fourth-order valence-electron chi connectivity index (χ4n) is 3.59. The van der Waals surface area contributed by atoms with E-state index < -0.39 is 17.9 Å². The Balaban J connectivity index is 1.94. The fourth-order valence-corrected chi connectivity index (χ4v) is 3.59. The van der Waals surface area contributed by atoms with E-state index in [0.717, 1.165) is 16.0 Å². The maximum atomic E-state index is 12.9. The number of hydrogen-bond donors (Lipinski definition) is 2. The van der Waals surface area contributed by atoms with Crippen LogP contribution in [0.2, 0.25) is 0 Å². The van der Waals surface area contributed by atoms with Crippen molar-refractivity contribution in [1.82, 2.24) is 10.2 Å². The molecule has 2 heterocycles. The minimum Gasteiger partial charge on any atom is -0.507 e. The largest absolute Gasteiger partial charge is 0.507 e. The molecule has 33 heavy (non-hydrogen) atoms. The number of imide groups is 1. The second-order valence-corrected chi connectivity index (χ2v) is 10.1. The Labute approximate surface area is 193 Å². The second kappa shape index (κ2) is 8.42. The first-order valence-electron chi connectivity index (χ1n) is 10.6. The molecular formula is C25H30N2O6. The zero-order chi connectivity index (χ0) is 24.7. The normalized spacial score (nSPS) is 15.8. The van der Waals surface area contributed by atoms with Crippen molar-refractivity contribution in [1.29, 1.82) is 0 Å². The number of urea groups is 1. The van der Waals surface area contributed by atoms with E-state index >= 15 is 0 Å². The Morgan fingerprint density at radius 3 is 2.18 bits per heavy atom. The first-order chi connectivity index (χ1) is 15.2. The average Bonchev–Trinajstić information content (AvgIpc) is 3.27. The Kier molecular flexibility index (Phi) is 6.15. The summed E-state index contributed by atoms with van der Waals surface area (Å²) < 4.78 is 9.97. The smallest absolute Gasteiger partial charge is 0.373 e. The summed E-state index contributed by atoms with van der Waals surface area (Å²) in [4.78, 5) is 38.0. The quantitative estimate of drug-likeness (QED) is 0.401. The molecule has 1 aliphatic heterocycles. The van der Waals surface area contributed by atoms with Gasteiger partial charge in [0, 0.05) is 11.1 Å². The number of aromatic hydroxyl groups is 1. The molecule has 1 aliphatic rings. The maximum absolute atomic E-state index is 12.9. The summed E-state index contributed by atoms with van der Waals surface area (Å²) in [5, 5.41) is 13.5. The van der Waals surface area contributed by atoms with E-state index in [4.69, 9.17) is 4.42 Å². The van der Waals surface area contributed by atoms with Gasteiger partial charge in [-0.15, -0.1) is 0 Å². The second-order valence-electron chi connectivity index (χ2n) is 10.1. The topological polar surface area (TPSA) is 109 Å². The summed E-state index contributed by atoms with van der Waals surface area (Å²) in [6, 6.07) is 6.01. The molecule has 1 aromatic carbocycles. The van der Waals surface area contributed by atoms with E-state index in [0.29, 0.717) is 5.56 Å². The zero-order valence-corrected chi connectivity index (χ0v) is 20.0. The van der Waals surface area contributed by atoms with Crippen LogP contribution >= 0.6 is 0 Å². The number of nitrogens with zero attached hydrogens (tertiary/aromatic N) is 1. The molecule has 2 aromatic rings. The van der Waals surface area contributed by atoms with Crippen LogP contribution in [0.15, 0.2) is 34.4 Å². The Morgan fingerprint density at radius 2 is 1.67 bits per heavy atom. The molecule has 1 fully saturated rings. The molecule has 1 aromatic heterocycles. The molecule has 8 heteroatoms. The number of methoxy groups -OCH3 is 1. The van der Waals surface area contributed by atoms with Gasteiger partial charge in [-0.1, -0.05) is 41.5 Å². The van der Waals surface area contributed by atoms with E-state index in [-0.39, 0.29) is 40.3 Å². The van der Waals surface area contributed by atoms with Crippen molar-refractivity contribution in [2.24, 2.45) is 0 Å². The lowest BCUT2D eigenvalue weighted by Gasteiger charge is -2.28. The number of furan rings is 1. The SMILES string of the molecule is COC(=O)c1ccc(CN2C(=O)N/C(=C\c3cc(C(C)(C)C)c(O)c(C(C)(C)C)c3)C2=O)o1. The summed E-state index contributed by atoms with van der Waals surface area (Å²) in [5.74, 6) is -0.659. The number of rotatable bonds is 4. The lowest BCUT2D eigenvalue weighted by molar-refractivity contribution is -0.123. The molecule has 0 aliphatic carbocycles. The summed E-state index contributed by atoms with van der Waals surface area (Å²) in [6.45, 7) is 11.9. The van der Waals surface area contributed by atoms with E-state index in [2.05, 4.69) is 10.1 Å². The number of carbonyl (C=O) groups excluding carboxylic acids is 3. The Bertz CT molecular complexity index is 1110. The van der Waals surface area contributed by atoms with Gasteiger partial charge in [0.2, 0.25) is 5.76 Å². The molecule has 8 nitrogen and oxygen atoms in total. The van der Waals surface area contributed by atoms with Crippen LogP contribution in [0, 0.1) is 0 Å². The molecule has 2 N–H and O–H groups in total. The van der Waals surface area contributed by atoms with Crippen LogP contribution in [0.25, 0.3) is 6.08 Å². The third kappa shape index (κ3) is 4.94. The van der Waals surface area contributed by atoms with E-state index in [1.807, 2.05) is 53.7 Å². The van der Waals surface area contributed by atoms with Gasteiger partial charge in [-0.2, -0.15) is 0 Å². The standard InChI is InChI=1S/C25H30N2O6/c1-24(2,3)16-10-14(11-17(20(16)28)25(4,5)6)12-18-21(29)27(23(31)26-18)13-15-8-9-19(33-15)22(30)32-7/h8-12,28H,13H2,1-7H3,(H,26,31)/b18-12-. The third-order valence-electron chi connectivity index (χ3n) is 5.38. The highest BCUT2D eigenvalue weighted by Crippen LogP contribution is 2.40. The van der Waals surface area contributed by atoms with Crippen molar-refractivity contribution in [2.45, 2.75) is 58.9 Å². The molecule has 0 spiro atoms. The number of amides is 3.